The first-order valence-corrected chi connectivity index (χ1v) is 11.0. The molecule has 0 aliphatic carbocycles. The minimum absolute atomic E-state index is 0.278. The van der Waals surface area contributed by atoms with Crippen molar-refractivity contribution in [3.05, 3.63) is 58.7 Å². The van der Waals surface area contributed by atoms with E-state index in [4.69, 9.17) is 32.9 Å². The fourth-order valence-electron chi connectivity index (χ4n) is 2.88. The van der Waals surface area contributed by atoms with E-state index in [-0.39, 0.29) is 5.16 Å². The Morgan fingerprint density at radius 1 is 1.00 bits per heavy atom. The zero-order chi connectivity index (χ0) is 20.8. The van der Waals surface area contributed by atoms with Gasteiger partial charge in [0, 0.05) is 24.1 Å². The smallest absolute Gasteiger partial charge is 0.248 e. The van der Waals surface area contributed by atoms with Crippen LogP contribution in [0.15, 0.2) is 53.8 Å². The van der Waals surface area contributed by atoms with Crippen LogP contribution in [-0.2, 0) is 9.84 Å². The Kier molecular flexibility index (Phi) is 4.94. The van der Waals surface area contributed by atoms with Crippen molar-refractivity contribution < 1.29 is 13.2 Å². The molecule has 29 heavy (non-hydrogen) atoms. The molecule has 0 atom stereocenters. The summed E-state index contributed by atoms with van der Waals surface area (Å²) in [4.78, 5) is 12.8. The van der Waals surface area contributed by atoms with Crippen molar-refractivity contribution in [3.8, 4) is 23.0 Å². The average Bonchev–Trinajstić information content (AvgIpc) is 3.08. The number of benzene rings is 2. The Bertz CT molecular complexity index is 1350. The van der Waals surface area contributed by atoms with Crippen LogP contribution in [0, 0.1) is 0 Å². The van der Waals surface area contributed by atoms with Crippen LogP contribution in [-0.4, -0.2) is 41.3 Å². The molecule has 0 bridgehead atoms. The van der Waals surface area contributed by atoms with Crippen LogP contribution >= 0.6 is 23.2 Å². The third-order valence-corrected chi connectivity index (χ3v) is 5.82. The van der Waals surface area contributed by atoms with Gasteiger partial charge in [0.1, 0.15) is 17.4 Å². The van der Waals surface area contributed by atoms with Crippen LogP contribution in [0.4, 0.5) is 0 Å². The Balaban J connectivity index is 2.06. The van der Waals surface area contributed by atoms with Crippen molar-refractivity contribution in [2.45, 2.75) is 5.16 Å². The molecular formula is C19H14Cl2N4O3S. The molecule has 2 aromatic carbocycles. The summed E-state index contributed by atoms with van der Waals surface area (Å²) in [6, 6.07) is 12.1. The SMILES string of the molecule is COc1ccc2nc(-c3ccc(Cl)c(Cl)c3)n(-c3ccnc(S(C)(=O)=O)n3)c2c1. The maximum atomic E-state index is 12.0. The van der Waals surface area contributed by atoms with Gasteiger partial charge < -0.3 is 4.74 Å². The highest BCUT2D eigenvalue weighted by Gasteiger charge is 2.19. The monoisotopic (exact) mass is 448 g/mol. The van der Waals surface area contributed by atoms with Crippen LogP contribution in [0.2, 0.25) is 10.0 Å². The van der Waals surface area contributed by atoms with Gasteiger partial charge in [0.15, 0.2) is 0 Å². The van der Waals surface area contributed by atoms with Gasteiger partial charge in [-0.3, -0.25) is 4.57 Å². The summed E-state index contributed by atoms with van der Waals surface area (Å²) in [5, 5.41) is 0.515. The highest BCUT2D eigenvalue weighted by molar-refractivity contribution is 7.90. The van der Waals surface area contributed by atoms with Crippen LogP contribution < -0.4 is 4.74 Å². The van der Waals surface area contributed by atoms with E-state index in [1.54, 1.807) is 48.1 Å². The van der Waals surface area contributed by atoms with Gasteiger partial charge in [-0.05, 0) is 36.4 Å². The number of hydrogen-bond acceptors (Lipinski definition) is 6. The number of rotatable bonds is 4. The first-order chi connectivity index (χ1) is 13.8. The fraction of sp³-hybridized carbons (Fsp3) is 0.105. The minimum atomic E-state index is -3.59. The summed E-state index contributed by atoms with van der Waals surface area (Å²) in [5.74, 6) is 1.49. The second-order valence-electron chi connectivity index (χ2n) is 6.22. The number of aromatic nitrogens is 4. The predicted molar refractivity (Wildman–Crippen MR) is 112 cm³/mol. The Hall–Kier alpha value is -2.68. The summed E-state index contributed by atoms with van der Waals surface area (Å²) in [6.45, 7) is 0. The maximum Gasteiger partial charge on any atom is 0.248 e. The van der Waals surface area contributed by atoms with Gasteiger partial charge >= 0.3 is 0 Å². The summed E-state index contributed by atoms with van der Waals surface area (Å²) >= 11 is 12.3. The molecule has 0 aliphatic heterocycles. The minimum Gasteiger partial charge on any atom is -0.497 e. The molecule has 4 aromatic rings. The van der Waals surface area contributed by atoms with Crippen LogP contribution in [0.5, 0.6) is 5.75 Å². The highest BCUT2D eigenvalue weighted by atomic mass is 35.5. The van der Waals surface area contributed by atoms with Crippen molar-refractivity contribution >= 4 is 44.1 Å². The second-order valence-corrected chi connectivity index (χ2v) is 8.95. The van der Waals surface area contributed by atoms with Gasteiger partial charge in [-0.2, -0.15) is 0 Å². The summed E-state index contributed by atoms with van der Waals surface area (Å²) in [6.07, 6.45) is 2.45. The van der Waals surface area contributed by atoms with E-state index in [9.17, 15) is 8.42 Å². The molecule has 2 aromatic heterocycles. The van der Waals surface area contributed by atoms with Gasteiger partial charge in [-0.25, -0.2) is 23.4 Å². The Labute approximate surface area is 176 Å². The van der Waals surface area contributed by atoms with Crippen LogP contribution in [0.25, 0.3) is 28.2 Å². The molecule has 0 saturated carbocycles. The van der Waals surface area contributed by atoms with Crippen molar-refractivity contribution in [1.82, 2.24) is 19.5 Å². The average molecular weight is 449 g/mol. The topological polar surface area (TPSA) is 87.0 Å². The van der Waals surface area contributed by atoms with E-state index in [0.717, 1.165) is 6.26 Å². The van der Waals surface area contributed by atoms with E-state index >= 15 is 0 Å². The number of nitrogens with zero attached hydrogens (tertiary/aromatic N) is 4. The van der Waals surface area contributed by atoms with Gasteiger partial charge in [0.05, 0.1) is 28.2 Å². The van der Waals surface area contributed by atoms with E-state index in [2.05, 4.69) is 9.97 Å². The molecular weight excluding hydrogens is 435 g/mol. The molecule has 7 nitrogen and oxygen atoms in total. The number of imidazole rings is 1. The fourth-order valence-corrected chi connectivity index (χ4v) is 3.69. The van der Waals surface area contributed by atoms with E-state index in [1.165, 1.54) is 6.20 Å². The molecule has 0 N–H and O–H groups in total. The number of sulfone groups is 1. The molecule has 0 unspecified atom stereocenters. The van der Waals surface area contributed by atoms with Crippen LogP contribution in [0.1, 0.15) is 0 Å². The predicted octanol–water partition coefficient (Wildman–Crippen LogP) is 4.20. The number of halogens is 2. The molecule has 0 amide bonds. The normalized spacial score (nSPS) is 11.7. The van der Waals surface area contributed by atoms with Crippen molar-refractivity contribution in [2.75, 3.05) is 13.4 Å². The number of hydrogen-bond donors (Lipinski definition) is 0. The van der Waals surface area contributed by atoms with Gasteiger partial charge in [0.25, 0.3) is 0 Å². The quantitative estimate of drug-likeness (QED) is 0.434. The molecule has 148 valence electrons. The van der Waals surface area contributed by atoms with Gasteiger partial charge in [-0.1, -0.05) is 23.2 Å². The largest absolute Gasteiger partial charge is 0.497 e. The molecule has 0 spiro atoms. The number of methoxy groups -OCH3 is 1. The molecule has 2 heterocycles. The summed E-state index contributed by atoms with van der Waals surface area (Å²) in [7, 11) is -2.03. The Morgan fingerprint density at radius 3 is 2.48 bits per heavy atom. The lowest BCUT2D eigenvalue weighted by atomic mass is 10.2. The number of fused-ring (bicyclic) bond motifs is 1. The van der Waals surface area contributed by atoms with E-state index in [1.807, 2.05) is 6.07 Å². The summed E-state index contributed by atoms with van der Waals surface area (Å²) < 4.78 is 31.0. The lowest BCUT2D eigenvalue weighted by molar-refractivity contribution is 0.415. The third-order valence-electron chi connectivity index (χ3n) is 4.22. The van der Waals surface area contributed by atoms with Crippen molar-refractivity contribution in [2.24, 2.45) is 0 Å². The maximum absolute atomic E-state index is 12.0. The van der Waals surface area contributed by atoms with Crippen molar-refractivity contribution in [1.29, 1.82) is 0 Å². The molecule has 0 fully saturated rings. The van der Waals surface area contributed by atoms with Gasteiger partial charge in [0.2, 0.25) is 15.0 Å². The molecule has 4 rings (SSSR count). The lowest BCUT2D eigenvalue weighted by Gasteiger charge is -2.10. The molecule has 0 aliphatic rings. The first kappa shape index (κ1) is 19.6. The standard InChI is InChI=1S/C19H14Cl2N4O3S/c1-28-12-4-6-15-16(10-12)25(17-7-8-22-19(24-17)29(2,26)27)18(23-15)11-3-5-13(20)14(21)9-11/h3-10H,1-2H3. The van der Waals surface area contributed by atoms with Crippen molar-refractivity contribution in [3.63, 3.8) is 0 Å². The van der Waals surface area contributed by atoms with E-state index in [0.29, 0.717) is 44.0 Å². The molecule has 10 heteroatoms. The lowest BCUT2D eigenvalue weighted by Crippen LogP contribution is -2.08. The Morgan fingerprint density at radius 2 is 1.79 bits per heavy atom. The van der Waals surface area contributed by atoms with Gasteiger partial charge in [-0.15, -0.1) is 0 Å². The number of ether oxygens (including phenoxy) is 1. The molecule has 0 saturated heterocycles. The highest BCUT2D eigenvalue weighted by Crippen LogP contribution is 2.33. The summed E-state index contributed by atoms with van der Waals surface area (Å²) in [5.41, 5.74) is 2.05. The zero-order valence-corrected chi connectivity index (χ0v) is 17.6. The second kappa shape index (κ2) is 7.29. The zero-order valence-electron chi connectivity index (χ0n) is 15.3. The van der Waals surface area contributed by atoms with E-state index < -0.39 is 9.84 Å². The van der Waals surface area contributed by atoms with Crippen LogP contribution in [0.3, 0.4) is 0 Å². The first-order valence-electron chi connectivity index (χ1n) is 8.33. The molecule has 0 radical (unpaired) electrons. The third kappa shape index (κ3) is 3.66.